The van der Waals surface area contributed by atoms with E-state index in [-0.39, 0.29) is 24.1 Å². The SMILES string of the molecule is O=C(NC1CCC1(F)F)C(c1cncnc1)N(C(=O)C(F)Cl)c1ccc(-c2cncs2)cc1. The van der Waals surface area contributed by atoms with Crippen molar-refractivity contribution < 1.29 is 22.8 Å². The summed E-state index contributed by atoms with van der Waals surface area (Å²) in [5.41, 5.74) is 0.216. The number of carbonyl (C=O) groups excluding carboxylic acids is 2. The Morgan fingerprint density at radius 1 is 1.15 bits per heavy atom. The summed E-state index contributed by atoms with van der Waals surface area (Å²) in [4.78, 5) is 39.4. The Morgan fingerprint density at radius 3 is 2.36 bits per heavy atom. The molecule has 3 aromatic rings. The molecule has 33 heavy (non-hydrogen) atoms. The van der Waals surface area contributed by atoms with Gasteiger partial charge in [0, 0.05) is 36.3 Å². The highest BCUT2D eigenvalue weighted by Crippen LogP contribution is 2.38. The van der Waals surface area contributed by atoms with Crippen molar-refractivity contribution in [2.75, 3.05) is 4.90 Å². The van der Waals surface area contributed by atoms with Gasteiger partial charge in [-0.3, -0.25) is 19.5 Å². The number of anilines is 1. The summed E-state index contributed by atoms with van der Waals surface area (Å²) in [6, 6.07) is 3.44. The number of halogens is 4. The average molecular weight is 496 g/mol. The summed E-state index contributed by atoms with van der Waals surface area (Å²) in [5.74, 6) is -5.22. The molecular weight excluding hydrogens is 479 g/mol. The van der Waals surface area contributed by atoms with E-state index in [1.165, 1.54) is 42.2 Å². The lowest BCUT2D eigenvalue weighted by molar-refractivity contribution is -0.138. The Kier molecular flexibility index (Phi) is 6.61. The zero-order valence-corrected chi connectivity index (χ0v) is 18.4. The summed E-state index contributed by atoms with van der Waals surface area (Å²) < 4.78 is 41.6. The molecule has 7 nitrogen and oxygen atoms in total. The highest BCUT2D eigenvalue weighted by Gasteiger charge is 2.50. The van der Waals surface area contributed by atoms with E-state index in [0.29, 0.717) is 0 Å². The molecule has 2 amide bonds. The standard InChI is InChI=1S/C21H17ClF3N5O2S/c22-18(23)20(32)30(14-3-1-12(2-4-14)15-9-28-11-33-15)17(13-7-26-10-27-8-13)19(31)29-16-5-6-21(16,24)25/h1-4,7-11,16-18H,5-6H2,(H,29,31). The molecule has 0 spiro atoms. The molecule has 0 aliphatic heterocycles. The number of nitrogens with zero attached hydrogens (tertiary/aromatic N) is 4. The maximum Gasteiger partial charge on any atom is 0.278 e. The van der Waals surface area contributed by atoms with Crippen LogP contribution in [-0.4, -0.2) is 44.4 Å². The van der Waals surface area contributed by atoms with Crippen LogP contribution in [-0.2, 0) is 9.59 Å². The topological polar surface area (TPSA) is 88.1 Å². The van der Waals surface area contributed by atoms with Gasteiger partial charge in [-0.05, 0) is 24.1 Å². The molecule has 2 heterocycles. The summed E-state index contributed by atoms with van der Waals surface area (Å²) >= 11 is 6.86. The van der Waals surface area contributed by atoms with Crippen molar-refractivity contribution in [2.45, 2.75) is 36.5 Å². The third kappa shape index (κ3) is 4.83. The van der Waals surface area contributed by atoms with E-state index in [1.54, 1.807) is 23.8 Å². The molecule has 2 aromatic heterocycles. The van der Waals surface area contributed by atoms with Crippen LogP contribution < -0.4 is 10.2 Å². The molecule has 0 radical (unpaired) electrons. The number of aromatic nitrogens is 3. The second-order valence-corrected chi connectivity index (χ2v) is 8.63. The highest BCUT2D eigenvalue weighted by molar-refractivity contribution is 7.13. The molecule has 3 atom stereocenters. The van der Waals surface area contributed by atoms with Crippen LogP contribution in [0.25, 0.3) is 10.4 Å². The first-order valence-electron chi connectivity index (χ1n) is 9.81. The molecule has 1 N–H and O–H groups in total. The second kappa shape index (κ2) is 9.44. The largest absolute Gasteiger partial charge is 0.345 e. The van der Waals surface area contributed by atoms with Gasteiger partial charge in [0.2, 0.25) is 5.91 Å². The van der Waals surface area contributed by atoms with Crippen molar-refractivity contribution in [1.29, 1.82) is 0 Å². The van der Waals surface area contributed by atoms with Gasteiger partial charge in [0.15, 0.2) is 0 Å². The fourth-order valence-corrected chi connectivity index (χ4v) is 4.19. The Labute approximate surface area is 195 Å². The Hall–Kier alpha value is -3.05. The molecule has 0 saturated heterocycles. The first-order valence-corrected chi connectivity index (χ1v) is 11.1. The first-order chi connectivity index (χ1) is 15.8. The zero-order valence-electron chi connectivity index (χ0n) is 16.9. The van der Waals surface area contributed by atoms with Crippen molar-refractivity contribution in [3.05, 3.63) is 60.3 Å². The lowest BCUT2D eigenvalue weighted by Gasteiger charge is -2.39. The van der Waals surface area contributed by atoms with Crippen LogP contribution in [0.1, 0.15) is 24.4 Å². The van der Waals surface area contributed by atoms with Gasteiger partial charge in [0.05, 0.1) is 16.4 Å². The van der Waals surface area contributed by atoms with Crippen LogP contribution in [0.5, 0.6) is 0 Å². The Bertz CT molecular complexity index is 1120. The predicted molar refractivity (Wildman–Crippen MR) is 117 cm³/mol. The number of thiazole rings is 1. The van der Waals surface area contributed by atoms with Crippen LogP contribution in [0.3, 0.4) is 0 Å². The van der Waals surface area contributed by atoms with Crippen LogP contribution >= 0.6 is 22.9 Å². The number of benzene rings is 1. The van der Waals surface area contributed by atoms with E-state index in [0.717, 1.165) is 15.3 Å². The van der Waals surface area contributed by atoms with Crippen LogP contribution in [0.4, 0.5) is 18.9 Å². The minimum absolute atomic E-state index is 0.0789. The Morgan fingerprint density at radius 2 is 1.85 bits per heavy atom. The van der Waals surface area contributed by atoms with Crippen molar-refractivity contribution in [3.63, 3.8) is 0 Å². The first kappa shape index (κ1) is 23.1. The molecule has 12 heteroatoms. The van der Waals surface area contributed by atoms with Gasteiger partial charge in [-0.2, -0.15) is 0 Å². The molecule has 3 unspecified atom stereocenters. The second-order valence-electron chi connectivity index (χ2n) is 7.36. The molecule has 1 saturated carbocycles. The van der Waals surface area contributed by atoms with E-state index in [4.69, 9.17) is 11.6 Å². The molecule has 4 rings (SSSR count). The number of nitrogens with one attached hydrogen (secondary N) is 1. The van der Waals surface area contributed by atoms with Gasteiger partial charge < -0.3 is 5.32 Å². The lowest BCUT2D eigenvalue weighted by Crippen LogP contribution is -2.58. The van der Waals surface area contributed by atoms with Gasteiger partial charge in [-0.1, -0.05) is 23.7 Å². The predicted octanol–water partition coefficient (Wildman–Crippen LogP) is 4.12. The van der Waals surface area contributed by atoms with Gasteiger partial charge in [0.1, 0.15) is 12.4 Å². The molecular formula is C21H17ClF3N5O2S. The van der Waals surface area contributed by atoms with E-state index in [9.17, 15) is 22.8 Å². The average Bonchev–Trinajstić information content (AvgIpc) is 3.35. The van der Waals surface area contributed by atoms with Crippen LogP contribution in [0, 0.1) is 0 Å². The number of carbonyl (C=O) groups is 2. The zero-order chi connectivity index (χ0) is 23.6. The molecule has 1 aromatic carbocycles. The number of hydrogen-bond donors (Lipinski definition) is 1. The number of amides is 2. The van der Waals surface area contributed by atoms with Gasteiger partial charge in [-0.15, -0.1) is 11.3 Å². The normalized spacial score (nSPS) is 18.6. The number of hydrogen-bond acceptors (Lipinski definition) is 6. The fraction of sp³-hybridized carbons (Fsp3) is 0.286. The van der Waals surface area contributed by atoms with Gasteiger partial charge in [-0.25, -0.2) is 23.1 Å². The monoisotopic (exact) mass is 495 g/mol. The number of alkyl halides is 4. The maximum absolute atomic E-state index is 14.0. The van der Waals surface area contributed by atoms with Crippen molar-refractivity contribution in [1.82, 2.24) is 20.3 Å². The van der Waals surface area contributed by atoms with Gasteiger partial charge in [0.25, 0.3) is 17.5 Å². The number of rotatable bonds is 7. The van der Waals surface area contributed by atoms with Crippen molar-refractivity contribution in [2.24, 2.45) is 0 Å². The summed E-state index contributed by atoms with van der Waals surface area (Å²) in [5, 5.41) is 2.27. The van der Waals surface area contributed by atoms with E-state index < -0.39 is 35.5 Å². The third-order valence-electron chi connectivity index (χ3n) is 5.28. The van der Waals surface area contributed by atoms with Crippen LogP contribution in [0.15, 0.2) is 54.7 Å². The smallest absolute Gasteiger partial charge is 0.278 e. The maximum atomic E-state index is 14.0. The fourth-order valence-electron chi connectivity index (χ4n) is 3.46. The molecule has 0 bridgehead atoms. The summed E-state index contributed by atoms with van der Waals surface area (Å²) in [6.07, 6.45) is 5.10. The van der Waals surface area contributed by atoms with Crippen LogP contribution in [0.2, 0.25) is 0 Å². The molecule has 1 aliphatic rings. The Balaban J connectivity index is 1.74. The quantitative estimate of drug-likeness (QED) is 0.498. The van der Waals surface area contributed by atoms with E-state index in [2.05, 4.69) is 20.3 Å². The lowest BCUT2D eigenvalue weighted by atomic mass is 9.87. The minimum atomic E-state index is -3.06. The summed E-state index contributed by atoms with van der Waals surface area (Å²) in [7, 11) is 0. The molecule has 1 aliphatic carbocycles. The molecule has 172 valence electrons. The van der Waals surface area contributed by atoms with Crippen molar-refractivity contribution in [3.8, 4) is 10.4 Å². The summed E-state index contributed by atoms with van der Waals surface area (Å²) in [6.45, 7) is 0. The molecule has 1 fully saturated rings. The van der Waals surface area contributed by atoms with E-state index >= 15 is 0 Å². The third-order valence-corrected chi connectivity index (χ3v) is 6.29. The van der Waals surface area contributed by atoms with Gasteiger partial charge >= 0.3 is 0 Å². The highest BCUT2D eigenvalue weighted by atomic mass is 35.5. The minimum Gasteiger partial charge on any atom is -0.345 e. The van der Waals surface area contributed by atoms with E-state index in [1.807, 2.05) is 0 Å². The van der Waals surface area contributed by atoms with Crippen molar-refractivity contribution >= 4 is 40.4 Å².